The monoisotopic (exact) mass is 254 g/mol. The fourth-order valence-electron chi connectivity index (χ4n) is 2.20. The van der Waals surface area contributed by atoms with Gasteiger partial charge >= 0.3 is 12.0 Å². The first-order valence-electron chi connectivity index (χ1n) is 6.36. The summed E-state index contributed by atoms with van der Waals surface area (Å²) in [7, 11) is 0. The van der Waals surface area contributed by atoms with Crippen LogP contribution < -0.4 is 5.32 Å². The van der Waals surface area contributed by atoms with Crippen LogP contribution in [0.4, 0.5) is 4.79 Å². The number of piperidine rings is 1. The summed E-state index contributed by atoms with van der Waals surface area (Å²) in [6.45, 7) is 8.34. The van der Waals surface area contributed by atoms with Gasteiger partial charge in [0.05, 0.1) is 5.41 Å². The van der Waals surface area contributed by atoms with Gasteiger partial charge in [0.25, 0.3) is 0 Å². The summed E-state index contributed by atoms with van der Waals surface area (Å²) in [5.41, 5.74) is -0.652. The van der Waals surface area contributed by atoms with Crippen molar-refractivity contribution in [3.63, 3.8) is 0 Å². The molecule has 1 aliphatic heterocycles. The van der Waals surface area contributed by atoms with Crippen molar-refractivity contribution < 1.29 is 14.7 Å². The molecule has 1 fully saturated rings. The molecule has 1 atom stereocenters. The highest BCUT2D eigenvalue weighted by atomic mass is 16.4. The Morgan fingerprint density at radius 2 is 2.06 bits per heavy atom. The number of carbonyl (C=O) groups excluding carboxylic acids is 1. The topological polar surface area (TPSA) is 69.6 Å². The molecule has 18 heavy (non-hydrogen) atoms. The molecule has 5 nitrogen and oxygen atoms in total. The molecule has 1 rings (SSSR count). The highest BCUT2D eigenvalue weighted by Gasteiger charge is 2.40. The molecule has 2 amide bonds. The van der Waals surface area contributed by atoms with E-state index in [1.807, 2.05) is 13.8 Å². The van der Waals surface area contributed by atoms with Gasteiger partial charge < -0.3 is 15.3 Å². The Morgan fingerprint density at radius 3 is 2.44 bits per heavy atom. The summed E-state index contributed by atoms with van der Waals surface area (Å²) in [4.78, 5) is 24.8. The minimum absolute atomic E-state index is 0.0742. The molecule has 102 valence electrons. The highest BCUT2D eigenvalue weighted by Crippen LogP contribution is 2.35. The van der Waals surface area contributed by atoms with Crippen LogP contribution in [0.3, 0.4) is 0 Å². The Kier molecular flexibility index (Phi) is 4.76. The zero-order valence-electron chi connectivity index (χ0n) is 11.1. The second-order valence-corrected chi connectivity index (χ2v) is 4.90. The minimum atomic E-state index is -0.746. The number of aliphatic carboxylic acids is 1. The molecule has 0 bridgehead atoms. The number of hydrogen-bond acceptors (Lipinski definition) is 2. The van der Waals surface area contributed by atoms with Gasteiger partial charge in [-0.05, 0) is 26.2 Å². The lowest BCUT2D eigenvalue weighted by Crippen LogP contribution is -2.50. The van der Waals surface area contributed by atoms with Crippen LogP contribution in [0.2, 0.25) is 0 Å². The van der Waals surface area contributed by atoms with E-state index in [1.165, 1.54) is 0 Å². The normalized spacial score (nSPS) is 20.0. The summed E-state index contributed by atoms with van der Waals surface area (Å²) >= 11 is 0. The summed E-state index contributed by atoms with van der Waals surface area (Å²) in [6, 6.07) is -0.215. The quantitative estimate of drug-likeness (QED) is 0.752. The fraction of sp³-hybridized carbons (Fsp3) is 0.692. The van der Waals surface area contributed by atoms with Crippen LogP contribution in [0.25, 0.3) is 0 Å². The Labute approximate surface area is 108 Å². The first-order valence-corrected chi connectivity index (χ1v) is 6.36. The van der Waals surface area contributed by atoms with Crippen molar-refractivity contribution in [1.82, 2.24) is 10.2 Å². The third-order valence-electron chi connectivity index (χ3n) is 3.84. The second kappa shape index (κ2) is 5.89. The summed E-state index contributed by atoms with van der Waals surface area (Å²) in [6.07, 6.45) is 3.32. The van der Waals surface area contributed by atoms with Crippen molar-refractivity contribution in [3.8, 4) is 0 Å². The van der Waals surface area contributed by atoms with Crippen LogP contribution in [-0.4, -0.2) is 41.1 Å². The van der Waals surface area contributed by atoms with Gasteiger partial charge in [-0.25, -0.2) is 4.79 Å². The van der Waals surface area contributed by atoms with Gasteiger partial charge in [0.2, 0.25) is 0 Å². The molecule has 0 radical (unpaired) electrons. The zero-order chi connectivity index (χ0) is 13.8. The average molecular weight is 254 g/mol. The largest absolute Gasteiger partial charge is 0.481 e. The maximum Gasteiger partial charge on any atom is 0.317 e. The van der Waals surface area contributed by atoms with Crippen LogP contribution in [0.15, 0.2) is 12.7 Å². The molecular formula is C13H22N2O3. The lowest BCUT2D eigenvalue weighted by molar-refractivity contribution is -0.151. The van der Waals surface area contributed by atoms with Gasteiger partial charge in [-0.3, -0.25) is 4.79 Å². The van der Waals surface area contributed by atoms with Crippen molar-refractivity contribution >= 4 is 12.0 Å². The van der Waals surface area contributed by atoms with Crippen LogP contribution in [-0.2, 0) is 4.79 Å². The number of carboxylic acids is 1. The van der Waals surface area contributed by atoms with Gasteiger partial charge in [0.15, 0.2) is 0 Å². The van der Waals surface area contributed by atoms with Gasteiger partial charge in [-0.15, -0.1) is 6.58 Å². The van der Waals surface area contributed by atoms with Crippen molar-refractivity contribution in [1.29, 1.82) is 0 Å². The Bertz CT molecular complexity index is 333. The SMILES string of the molecule is C=CC(C)NC(=O)N1CCC(CC)(C(=O)O)CC1. The average Bonchev–Trinajstić information content (AvgIpc) is 2.38. The molecule has 2 N–H and O–H groups in total. The van der Waals surface area contributed by atoms with E-state index in [0.717, 1.165) is 0 Å². The van der Waals surface area contributed by atoms with Crippen molar-refractivity contribution in [2.24, 2.45) is 5.41 Å². The van der Waals surface area contributed by atoms with Crippen molar-refractivity contribution in [3.05, 3.63) is 12.7 Å². The van der Waals surface area contributed by atoms with Gasteiger partial charge in [0, 0.05) is 19.1 Å². The Hall–Kier alpha value is -1.52. The van der Waals surface area contributed by atoms with E-state index in [9.17, 15) is 14.7 Å². The van der Waals surface area contributed by atoms with Crippen LogP contribution in [0.1, 0.15) is 33.1 Å². The van der Waals surface area contributed by atoms with E-state index in [4.69, 9.17) is 0 Å². The molecule has 0 aromatic rings. The van der Waals surface area contributed by atoms with Crippen molar-refractivity contribution in [2.75, 3.05) is 13.1 Å². The Balaban J connectivity index is 2.55. The van der Waals surface area contributed by atoms with E-state index in [1.54, 1.807) is 11.0 Å². The molecule has 0 aromatic heterocycles. The fourth-order valence-corrected chi connectivity index (χ4v) is 2.20. The summed E-state index contributed by atoms with van der Waals surface area (Å²) in [5, 5.41) is 12.1. The molecular weight excluding hydrogens is 232 g/mol. The van der Waals surface area contributed by atoms with Crippen LogP contribution in [0, 0.1) is 5.41 Å². The number of nitrogens with one attached hydrogen (secondary N) is 1. The number of amides is 2. The number of carbonyl (C=O) groups is 2. The molecule has 1 unspecified atom stereocenters. The van der Waals surface area contributed by atoms with E-state index >= 15 is 0 Å². The molecule has 0 aliphatic carbocycles. The smallest absolute Gasteiger partial charge is 0.317 e. The molecule has 0 aromatic carbocycles. The van der Waals surface area contributed by atoms with Gasteiger partial charge in [0.1, 0.15) is 0 Å². The molecule has 0 saturated carbocycles. The minimum Gasteiger partial charge on any atom is -0.481 e. The molecule has 1 saturated heterocycles. The Morgan fingerprint density at radius 1 is 1.50 bits per heavy atom. The number of hydrogen-bond donors (Lipinski definition) is 2. The van der Waals surface area contributed by atoms with Crippen LogP contribution in [0.5, 0.6) is 0 Å². The number of rotatable bonds is 4. The van der Waals surface area contributed by atoms with Gasteiger partial charge in [-0.1, -0.05) is 13.0 Å². The van der Waals surface area contributed by atoms with E-state index < -0.39 is 11.4 Å². The standard InChI is InChI=1S/C13H22N2O3/c1-4-10(3)14-12(18)15-8-6-13(5-2,7-9-15)11(16)17/h4,10H,1,5-9H2,2-3H3,(H,14,18)(H,16,17). The lowest BCUT2D eigenvalue weighted by Gasteiger charge is -2.38. The van der Waals surface area contributed by atoms with E-state index in [0.29, 0.717) is 32.4 Å². The predicted octanol–water partition coefficient (Wildman–Crippen LogP) is 1.85. The molecule has 1 aliphatic rings. The highest BCUT2D eigenvalue weighted by molar-refractivity contribution is 5.77. The third kappa shape index (κ3) is 3.03. The zero-order valence-corrected chi connectivity index (χ0v) is 11.1. The number of carboxylic acid groups (broad SMARTS) is 1. The molecule has 5 heteroatoms. The van der Waals surface area contributed by atoms with Crippen LogP contribution >= 0.6 is 0 Å². The van der Waals surface area contributed by atoms with E-state index in [2.05, 4.69) is 11.9 Å². The lowest BCUT2D eigenvalue weighted by atomic mass is 9.76. The number of nitrogens with zero attached hydrogens (tertiary/aromatic N) is 1. The maximum absolute atomic E-state index is 11.9. The predicted molar refractivity (Wildman–Crippen MR) is 69.4 cm³/mol. The number of urea groups is 1. The first kappa shape index (κ1) is 14.5. The maximum atomic E-state index is 11.9. The summed E-state index contributed by atoms with van der Waals surface area (Å²) < 4.78 is 0. The third-order valence-corrected chi connectivity index (χ3v) is 3.84. The van der Waals surface area contributed by atoms with E-state index in [-0.39, 0.29) is 12.1 Å². The first-order chi connectivity index (χ1) is 8.45. The van der Waals surface area contributed by atoms with Crippen molar-refractivity contribution in [2.45, 2.75) is 39.2 Å². The molecule has 0 spiro atoms. The summed E-state index contributed by atoms with van der Waals surface area (Å²) in [5.74, 6) is -0.746. The molecule has 1 heterocycles. The number of likely N-dealkylation sites (tertiary alicyclic amines) is 1. The van der Waals surface area contributed by atoms with Gasteiger partial charge in [-0.2, -0.15) is 0 Å². The second-order valence-electron chi connectivity index (χ2n) is 4.90.